The Bertz CT molecular complexity index is 1170. The van der Waals surface area contributed by atoms with Crippen LogP contribution in [0.25, 0.3) is 0 Å². The van der Waals surface area contributed by atoms with Crippen LogP contribution in [0.5, 0.6) is 0 Å². The quantitative estimate of drug-likeness (QED) is 0.0563. The van der Waals surface area contributed by atoms with Gasteiger partial charge in [-0.3, -0.25) is 9.79 Å². The van der Waals surface area contributed by atoms with Crippen LogP contribution in [-0.2, 0) is 33.2 Å². The normalized spacial score (nSPS) is 43.7. The molecule has 4 rings (SSSR count). The lowest BCUT2D eigenvalue weighted by molar-refractivity contribution is -0.325. The Morgan fingerprint density at radius 2 is 1.18 bits per heavy atom. The first kappa shape index (κ1) is 49.5. The molecule has 0 aromatic carbocycles. The number of hydrogen-bond acceptors (Lipinski definition) is 16. The van der Waals surface area contributed by atoms with Crippen molar-refractivity contribution in [2.45, 2.75) is 186 Å². The van der Waals surface area contributed by atoms with E-state index >= 15 is 0 Å². The van der Waals surface area contributed by atoms with Crippen molar-refractivity contribution in [3.05, 3.63) is 0 Å². The average molecular weight is 797 g/mol. The summed E-state index contributed by atoms with van der Waals surface area (Å²) in [7, 11) is 0. The summed E-state index contributed by atoms with van der Waals surface area (Å²) in [6, 6.07) is -0.376. The summed E-state index contributed by atoms with van der Waals surface area (Å²) in [5.74, 6) is -1.39. The minimum absolute atomic E-state index is 0. The summed E-state index contributed by atoms with van der Waals surface area (Å²) in [6.07, 6.45) is -12.0. The van der Waals surface area contributed by atoms with Gasteiger partial charge in [-0.05, 0) is 50.9 Å². The summed E-state index contributed by atoms with van der Waals surface area (Å²) in [6.45, 7) is 12.4. The molecule has 1 aliphatic carbocycles. The van der Waals surface area contributed by atoms with Crippen LogP contribution in [0, 0.1) is 23.7 Å². The molecule has 324 valence electrons. The Balaban J connectivity index is 0.000000694. The van der Waals surface area contributed by atoms with Crippen molar-refractivity contribution in [2.24, 2.45) is 45.9 Å². The lowest BCUT2D eigenvalue weighted by atomic mass is 9.77. The molecule has 13 N–H and O–H groups in total. The van der Waals surface area contributed by atoms with Crippen molar-refractivity contribution in [1.82, 2.24) is 0 Å². The Hall–Kier alpha value is -1.62. The van der Waals surface area contributed by atoms with Gasteiger partial charge >= 0.3 is 0 Å². The van der Waals surface area contributed by atoms with Gasteiger partial charge in [0.25, 0.3) is 0 Å². The average Bonchev–Trinajstić information content (AvgIpc) is 3.43. The van der Waals surface area contributed by atoms with Crippen molar-refractivity contribution >= 4 is 11.7 Å². The highest BCUT2D eigenvalue weighted by Gasteiger charge is 2.53. The number of carbonyl (C=O) groups is 1. The number of nitrogens with zero attached hydrogens (tertiary/aromatic N) is 1. The molecule has 0 spiro atoms. The third kappa shape index (κ3) is 12.4. The molecular weight excluding hydrogens is 724 g/mol. The van der Waals surface area contributed by atoms with Crippen molar-refractivity contribution in [1.29, 1.82) is 0 Å². The molecule has 4 fully saturated rings. The van der Waals surface area contributed by atoms with Crippen LogP contribution in [0.1, 0.15) is 88.0 Å². The highest BCUT2D eigenvalue weighted by molar-refractivity contribution is 5.81. The molecule has 55 heavy (non-hydrogen) atoms. The lowest BCUT2D eigenvalue weighted by Gasteiger charge is -2.47. The fraction of sp³-hybridized carbons (Fsp3) is 0.946. The van der Waals surface area contributed by atoms with Crippen LogP contribution >= 0.6 is 0 Å². The number of ether oxygens (including phenoxy) is 6. The van der Waals surface area contributed by atoms with Gasteiger partial charge in [-0.2, -0.15) is 0 Å². The van der Waals surface area contributed by atoms with E-state index in [2.05, 4.69) is 4.99 Å². The number of rotatable bonds is 14. The van der Waals surface area contributed by atoms with E-state index in [9.17, 15) is 40.5 Å². The van der Waals surface area contributed by atoms with Gasteiger partial charge < -0.3 is 81.4 Å². The lowest BCUT2D eigenvalue weighted by Crippen LogP contribution is -2.59. The highest BCUT2D eigenvalue weighted by atomic mass is 16.8. The molecule has 0 bridgehead atoms. The van der Waals surface area contributed by atoms with Crippen molar-refractivity contribution < 1.29 is 69.0 Å². The van der Waals surface area contributed by atoms with Gasteiger partial charge in [-0.15, -0.1) is 0 Å². The van der Waals surface area contributed by atoms with Crippen LogP contribution < -0.4 is 17.2 Å². The molecule has 0 aromatic heterocycles. The first-order valence-corrected chi connectivity index (χ1v) is 19.3. The molecule has 3 heterocycles. The summed E-state index contributed by atoms with van der Waals surface area (Å²) >= 11 is 0. The minimum atomic E-state index is -1.39. The van der Waals surface area contributed by atoms with Gasteiger partial charge in [0.1, 0.15) is 42.4 Å². The fourth-order valence-electron chi connectivity index (χ4n) is 7.52. The molecule has 3 saturated heterocycles. The van der Waals surface area contributed by atoms with Crippen LogP contribution in [0.2, 0.25) is 0 Å². The highest BCUT2D eigenvalue weighted by Crippen LogP contribution is 2.40. The fourth-order valence-corrected chi connectivity index (χ4v) is 7.52. The van der Waals surface area contributed by atoms with Crippen LogP contribution in [-0.4, -0.2) is 159 Å². The van der Waals surface area contributed by atoms with E-state index in [0.29, 0.717) is 32.2 Å². The second-order valence-electron chi connectivity index (χ2n) is 15.4. The number of Topliss-reactive ketones (excluding diaryl/α,β-unsaturated/α-hetero) is 1. The molecule has 0 radical (unpaired) electrons. The molecule has 0 aromatic rings. The predicted molar refractivity (Wildman–Crippen MR) is 201 cm³/mol. The number of aliphatic hydroxyl groups excluding tert-OH is 7. The van der Waals surface area contributed by atoms with Gasteiger partial charge in [0.2, 0.25) is 0 Å². The minimum Gasteiger partial charge on any atom is -0.394 e. The van der Waals surface area contributed by atoms with Crippen LogP contribution in [0.4, 0.5) is 0 Å². The summed E-state index contributed by atoms with van der Waals surface area (Å²) in [5, 5.41) is 74.4. The van der Waals surface area contributed by atoms with E-state index in [1.807, 2.05) is 27.7 Å². The second kappa shape index (κ2) is 22.5. The zero-order valence-corrected chi connectivity index (χ0v) is 32.7. The first-order valence-electron chi connectivity index (χ1n) is 19.3. The van der Waals surface area contributed by atoms with Gasteiger partial charge in [0, 0.05) is 18.4 Å². The van der Waals surface area contributed by atoms with Crippen molar-refractivity contribution in [3.63, 3.8) is 0 Å². The molecule has 18 heteroatoms. The number of ketones is 1. The Kier molecular flexibility index (Phi) is 20.3. The topological polar surface area (TPSA) is 304 Å². The standard InChI is InChI=1S/C29H52O13.C7H16N4O.CH4/c1-7-15-21(34)19(32)13(5)27(37-15)40-24-12(4)9-11(3)18(31)26(24)42-29-23(36)25(17(10-30)39-29)41-28-14(6)20(33)22(35)16(8-2)38-28;1-5(12)6(8)3-2-4-11-7(9)10;/h11-36H,7-10H2,1-6H3;6H,2-4,8H2,1H3,(H4,9,10,11);1H4/t11-,12+,13?,14?,15-,16+,17-,18?,19-,20+,21?,22?,23?,24+,25?,26?,27+,28?,29+;;/m1../s1. The van der Waals surface area contributed by atoms with Gasteiger partial charge in [0.05, 0.1) is 49.3 Å². The van der Waals surface area contributed by atoms with E-state index in [-0.39, 0.29) is 37.0 Å². The van der Waals surface area contributed by atoms with Gasteiger partial charge in [-0.1, -0.05) is 49.0 Å². The zero-order valence-electron chi connectivity index (χ0n) is 32.7. The van der Waals surface area contributed by atoms with E-state index in [0.717, 1.165) is 6.42 Å². The molecule has 1 saturated carbocycles. The Morgan fingerprint density at radius 1 is 0.709 bits per heavy atom. The Morgan fingerprint density at radius 3 is 1.64 bits per heavy atom. The smallest absolute Gasteiger partial charge is 0.187 e. The maximum absolute atomic E-state index is 11.3. The summed E-state index contributed by atoms with van der Waals surface area (Å²) < 4.78 is 36.4. The number of carbonyl (C=O) groups excluding carboxylic acids is 1. The van der Waals surface area contributed by atoms with Crippen molar-refractivity contribution in [3.8, 4) is 0 Å². The third-order valence-corrected chi connectivity index (χ3v) is 11.2. The molecule has 20 atom stereocenters. The SMILES string of the molecule is C.CC(=O)C(N)CCCN=C(N)N.CC[C@@H]1OC(OC2C(O)[C@H](OC3C(O)[C@H](C)C[C@H](C)[C@@H]3O[C@@H]3O[C@H](CC)C(O)[C@H](O)C3C)O[C@@H]2CO)C(C)[C@H](O)C1O. The molecule has 10 unspecified atom stereocenters. The molecule has 0 amide bonds. The van der Waals surface area contributed by atoms with Crippen LogP contribution in [0.15, 0.2) is 4.99 Å². The Labute approximate surface area is 325 Å². The third-order valence-electron chi connectivity index (χ3n) is 11.2. The van der Waals surface area contributed by atoms with Crippen molar-refractivity contribution in [2.75, 3.05) is 13.2 Å². The maximum Gasteiger partial charge on any atom is 0.187 e. The molecular formula is C37H72N4O14. The summed E-state index contributed by atoms with van der Waals surface area (Å²) in [4.78, 5) is 14.4. The van der Waals surface area contributed by atoms with E-state index < -0.39 is 111 Å². The van der Waals surface area contributed by atoms with E-state index in [1.165, 1.54) is 6.92 Å². The number of aliphatic imine (C=N–C) groups is 1. The predicted octanol–water partition coefficient (Wildman–Crippen LogP) is -1.17. The number of hydrogen-bond donors (Lipinski definition) is 10. The molecule has 18 nitrogen and oxygen atoms in total. The van der Waals surface area contributed by atoms with Gasteiger partial charge in [0.15, 0.2) is 24.8 Å². The maximum atomic E-state index is 11.3. The van der Waals surface area contributed by atoms with Crippen LogP contribution in [0.3, 0.4) is 0 Å². The second-order valence-corrected chi connectivity index (χ2v) is 15.4. The van der Waals surface area contributed by atoms with Gasteiger partial charge in [-0.25, -0.2) is 0 Å². The number of nitrogens with two attached hydrogens (primary N) is 3. The zero-order chi connectivity index (χ0) is 40.6. The number of guanidine groups is 1. The first-order chi connectivity index (χ1) is 25.4. The summed E-state index contributed by atoms with van der Waals surface area (Å²) in [5.41, 5.74) is 15.7. The monoisotopic (exact) mass is 797 g/mol. The molecule has 4 aliphatic rings. The van der Waals surface area contributed by atoms with E-state index in [1.54, 1.807) is 13.8 Å². The van der Waals surface area contributed by atoms with E-state index in [4.69, 9.17) is 45.6 Å². The molecule has 3 aliphatic heterocycles. The number of aliphatic hydroxyl groups is 7. The largest absolute Gasteiger partial charge is 0.394 e.